The molecule has 0 fully saturated rings. The molecule has 0 unspecified atom stereocenters. The highest BCUT2D eigenvalue weighted by Gasteiger charge is 2.12. The monoisotopic (exact) mass is 304 g/mol. The van der Waals surface area contributed by atoms with Gasteiger partial charge in [0.05, 0.1) is 10.7 Å². The lowest BCUT2D eigenvalue weighted by molar-refractivity contribution is 0.631. The van der Waals surface area contributed by atoms with Crippen LogP contribution in [-0.4, -0.2) is 4.98 Å². The maximum atomic E-state index is 14.0. The number of nitrogens with two attached hydrogens (primary N) is 1. The molecule has 1 heterocycles. The summed E-state index contributed by atoms with van der Waals surface area (Å²) in [5.41, 5.74) is 8.52. The molecule has 0 atom stereocenters. The first-order chi connectivity index (χ1) is 9.65. The zero-order valence-corrected chi connectivity index (χ0v) is 11.9. The first kappa shape index (κ1) is 13.1. The van der Waals surface area contributed by atoms with Crippen molar-refractivity contribution in [2.45, 2.75) is 0 Å². The molecule has 2 nitrogen and oxygen atoms in total. The molecule has 0 bridgehead atoms. The number of hydrogen-bond donors (Lipinski definition) is 1. The van der Waals surface area contributed by atoms with Gasteiger partial charge in [0.25, 0.3) is 0 Å². The summed E-state index contributed by atoms with van der Waals surface area (Å²) in [7, 11) is 0. The smallest absolute Gasteiger partial charge is 0.152 e. The molecule has 0 aliphatic carbocycles. The zero-order valence-electron chi connectivity index (χ0n) is 10.3. The Hall–Kier alpha value is -1.91. The van der Waals surface area contributed by atoms with E-state index in [0.29, 0.717) is 16.3 Å². The second-order valence-corrected chi connectivity index (χ2v) is 5.53. The lowest BCUT2D eigenvalue weighted by Gasteiger charge is -2.00. The van der Waals surface area contributed by atoms with E-state index >= 15 is 0 Å². The third kappa shape index (κ3) is 2.40. The molecule has 0 amide bonds. The number of aromatic nitrogens is 1. The van der Waals surface area contributed by atoms with Crippen molar-refractivity contribution in [2.75, 3.05) is 5.73 Å². The minimum Gasteiger partial charge on any atom is -0.399 e. The summed E-state index contributed by atoms with van der Waals surface area (Å²) >= 11 is 7.18. The van der Waals surface area contributed by atoms with Crippen LogP contribution < -0.4 is 5.73 Å². The Labute approximate surface area is 124 Å². The topological polar surface area (TPSA) is 38.9 Å². The number of thiazole rings is 1. The summed E-state index contributed by atoms with van der Waals surface area (Å²) in [6, 6.07) is 12.3. The SMILES string of the molecule is Nc1ccc(-c2csc(-c3cccc(Cl)c3F)n2)cc1. The number of benzene rings is 2. The van der Waals surface area contributed by atoms with E-state index in [1.807, 2.05) is 29.6 Å². The van der Waals surface area contributed by atoms with E-state index < -0.39 is 5.82 Å². The molecule has 0 aliphatic heterocycles. The van der Waals surface area contributed by atoms with E-state index in [1.165, 1.54) is 17.4 Å². The van der Waals surface area contributed by atoms with Gasteiger partial charge in [0.1, 0.15) is 5.01 Å². The molecule has 3 rings (SSSR count). The van der Waals surface area contributed by atoms with Gasteiger partial charge in [0.2, 0.25) is 0 Å². The van der Waals surface area contributed by atoms with Crippen molar-refractivity contribution in [1.82, 2.24) is 4.98 Å². The van der Waals surface area contributed by atoms with Crippen molar-refractivity contribution in [2.24, 2.45) is 0 Å². The molecule has 0 saturated carbocycles. The Bertz CT molecular complexity index is 753. The molecular weight excluding hydrogens is 295 g/mol. The van der Waals surface area contributed by atoms with Crippen molar-refractivity contribution in [3.63, 3.8) is 0 Å². The quantitative estimate of drug-likeness (QED) is 0.687. The van der Waals surface area contributed by atoms with E-state index in [0.717, 1.165) is 11.3 Å². The second-order valence-electron chi connectivity index (χ2n) is 4.26. The highest BCUT2D eigenvalue weighted by atomic mass is 35.5. The van der Waals surface area contributed by atoms with Gasteiger partial charge >= 0.3 is 0 Å². The fourth-order valence-corrected chi connectivity index (χ4v) is 2.88. The van der Waals surface area contributed by atoms with E-state index in [9.17, 15) is 4.39 Å². The zero-order chi connectivity index (χ0) is 14.1. The van der Waals surface area contributed by atoms with Crippen LogP contribution in [0.15, 0.2) is 47.8 Å². The fourth-order valence-electron chi connectivity index (χ4n) is 1.85. The summed E-state index contributed by atoms with van der Waals surface area (Å²) in [6.07, 6.45) is 0. The summed E-state index contributed by atoms with van der Waals surface area (Å²) in [5, 5.41) is 2.60. The molecule has 2 N–H and O–H groups in total. The molecule has 2 aromatic carbocycles. The minimum absolute atomic E-state index is 0.103. The van der Waals surface area contributed by atoms with Gasteiger partial charge in [-0.15, -0.1) is 11.3 Å². The standard InChI is InChI=1S/C15H10ClFN2S/c16-12-3-1-2-11(14(12)17)15-19-13(8-20-15)9-4-6-10(18)7-5-9/h1-8H,18H2. The molecule has 0 spiro atoms. The average Bonchev–Trinajstić information content (AvgIpc) is 2.92. The maximum absolute atomic E-state index is 14.0. The van der Waals surface area contributed by atoms with Gasteiger partial charge in [0.15, 0.2) is 5.82 Å². The summed E-state index contributed by atoms with van der Waals surface area (Å²) in [6.45, 7) is 0. The van der Waals surface area contributed by atoms with Crippen LogP contribution in [0.4, 0.5) is 10.1 Å². The number of nitrogen functional groups attached to an aromatic ring is 1. The molecule has 20 heavy (non-hydrogen) atoms. The largest absolute Gasteiger partial charge is 0.399 e. The van der Waals surface area contributed by atoms with Gasteiger partial charge in [-0.05, 0) is 24.3 Å². The molecule has 0 aliphatic rings. The van der Waals surface area contributed by atoms with Gasteiger partial charge in [-0.2, -0.15) is 0 Å². The first-order valence-electron chi connectivity index (χ1n) is 5.91. The molecular formula is C15H10ClFN2S. The lowest BCUT2D eigenvalue weighted by Crippen LogP contribution is -1.86. The van der Waals surface area contributed by atoms with Gasteiger partial charge in [-0.25, -0.2) is 9.37 Å². The summed E-state index contributed by atoms with van der Waals surface area (Å²) < 4.78 is 14.0. The van der Waals surface area contributed by atoms with E-state index in [1.54, 1.807) is 12.1 Å². The predicted molar refractivity (Wildman–Crippen MR) is 82.4 cm³/mol. The molecule has 100 valence electrons. The molecule has 1 aromatic heterocycles. The van der Waals surface area contributed by atoms with E-state index in [-0.39, 0.29) is 5.02 Å². The van der Waals surface area contributed by atoms with Crippen LogP contribution in [0, 0.1) is 5.82 Å². The normalized spacial score (nSPS) is 10.7. The van der Waals surface area contributed by atoms with Crippen molar-refractivity contribution in [1.29, 1.82) is 0 Å². The predicted octanol–water partition coefficient (Wildman–Crippen LogP) is 4.85. The third-order valence-corrected chi connectivity index (χ3v) is 4.06. The van der Waals surface area contributed by atoms with Crippen LogP contribution >= 0.6 is 22.9 Å². The maximum Gasteiger partial charge on any atom is 0.152 e. The molecule has 0 radical (unpaired) electrons. The molecule has 5 heteroatoms. The number of nitrogens with zero attached hydrogens (tertiary/aromatic N) is 1. The second kappa shape index (κ2) is 5.23. The molecule has 0 saturated heterocycles. The number of anilines is 1. The average molecular weight is 305 g/mol. The number of halogens is 2. The van der Waals surface area contributed by atoms with Crippen LogP contribution in [0.2, 0.25) is 5.02 Å². The lowest BCUT2D eigenvalue weighted by atomic mass is 10.1. The summed E-state index contributed by atoms with van der Waals surface area (Å²) in [5.74, 6) is -0.438. The number of hydrogen-bond acceptors (Lipinski definition) is 3. The minimum atomic E-state index is -0.438. The molecule has 3 aromatic rings. The van der Waals surface area contributed by atoms with Crippen molar-refractivity contribution < 1.29 is 4.39 Å². The Balaban J connectivity index is 2.02. The summed E-state index contributed by atoms with van der Waals surface area (Å²) in [4.78, 5) is 4.46. The Kier molecular flexibility index (Phi) is 3.42. The van der Waals surface area contributed by atoms with Crippen molar-refractivity contribution in [3.8, 4) is 21.8 Å². The fraction of sp³-hybridized carbons (Fsp3) is 0. The van der Waals surface area contributed by atoms with Gasteiger partial charge in [-0.1, -0.05) is 29.8 Å². The van der Waals surface area contributed by atoms with Crippen molar-refractivity contribution >= 4 is 28.6 Å². The van der Waals surface area contributed by atoms with E-state index in [2.05, 4.69) is 4.98 Å². The van der Waals surface area contributed by atoms with Gasteiger partial charge in [-0.3, -0.25) is 0 Å². The highest BCUT2D eigenvalue weighted by Crippen LogP contribution is 2.32. The first-order valence-corrected chi connectivity index (χ1v) is 7.17. The van der Waals surface area contributed by atoms with E-state index in [4.69, 9.17) is 17.3 Å². The van der Waals surface area contributed by atoms with Gasteiger partial charge < -0.3 is 5.73 Å². The third-order valence-electron chi connectivity index (χ3n) is 2.89. The van der Waals surface area contributed by atoms with Crippen LogP contribution in [0.3, 0.4) is 0 Å². The number of rotatable bonds is 2. The Morgan fingerprint density at radius 2 is 1.85 bits per heavy atom. The Morgan fingerprint density at radius 1 is 1.10 bits per heavy atom. The van der Waals surface area contributed by atoms with Gasteiger partial charge in [0, 0.05) is 22.2 Å². The van der Waals surface area contributed by atoms with Crippen LogP contribution in [0.1, 0.15) is 0 Å². The van der Waals surface area contributed by atoms with Crippen molar-refractivity contribution in [3.05, 3.63) is 58.7 Å². The van der Waals surface area contributed by atoms with Crippen LogP contribution in [0.25, 0.3) is 21.8 Å². The van der Waals surface area contributed by atoms with Crippen LogP contribution in [-0.2, 0) is 0 Å². The Morgan fingerprint density at radius 3 is 2.60 bits per heavy atom. The van der Waals surface area contributed by atoms with Crippen LogP contribution in [0.5, 0.6) is 0 Å². The highest BCUT2D eigenvalue weighted by molar-refractivity contribution is 7.13.